The van der Waals surface area contributed by atoms with Crippen LogP contribution in [0.2, 0.25) is 0 Å². The Morgan fingerprint density at radius 1 is 1.35 bits per heavy atom. The van der Waals surface area contributed by atoms with E-state index < -0.39 is 42.0 Å². The quantitative estimate of drug-likeness (QED) is 0.158. The Labute approximate surface area is 179 Å². The highest BCUT2D eigenvalue weighted by molar-refractivity contribution is 5.99. The van der Waals surface area contributed by atoms with Gasteiger partial charge in [0.1, 0.15) is 12.3 Å². The maximum absolute atomic E-state index is 12.4. The third kappa shape index (κ3) is 5.30. The number of carbonyl (C=O) groups is 4. The lowest BCUT2D eigenvalue weighted by atomic mass is 9.82. The summed E-state index contributed by atoms with van der Waals surface area (Å²) >= 11 is 0. The number of ether oxygens (including phenoxy) is 1. The van der Waals surface area contributed by atoms with Gasteiger partial charge in [0, 0.05) is 12.5 Å². The van der Waals surface area contributed by atoms with Crippen molar-refractivity contribution in [3.63, 3.8) is 0 Å². The zero-order chi connectivity index (χ0) is 23.1. The van der Waals surface area contributed by atoms with E-state index in [0.29, 0.717) is 12.0 Å². The molecule has 0 bridgehead atoms. The van der Waals surface area contributed by atoms with E-state index in [-0.39, 0.29) is 38.4 Å². The number of alkyl carbamates (subject to hydrolysis) is 1. The number of aliphatic hydroxyl groups is 1. The molecule has 2 rings (SSSR count). The number of hydrogen-bond acceptors (Lipinski definition) is 7. The van der Waals surface area contributed by atoms with E-state index in [4.69, 9.17) is 9.57 Å². The number of aliphatic hydroxyl groups excluding tert-OH is 1. The maximum Gasteiger partial charge on any atom is 0.407 e. The summed E-state index contributed by atoms with van der Waals surface area (Å²) in [4.78, 5) is 54.1. The SMILES string of the molecule is C=CCOC(=O)NCC(CN(C=O)OCC=C)C1=C(C(=O)O)N2C(=O)[C@H]([C@@H](C)O)[C@H]2C1. The van der Waals surface area contributed by atoms with Crippen LogP contribution in [0.25, 0.3) is 0 Å². The van der Waals surface area contributed by atoms with Crippen LogP contribution in [0.1, 0.15) is 13.3 Å². The summed E-state index contributed by atoms with van der Waals surface area (Å²) in [6.07, 6.45) is 1.77. The van der Waals surface area contributed by atoms with Gasteiger partial charge in [-0.25, -0.2) is 14.7 Å². The highest BCUT2D eigenvalue weighted by atomic mass is 16.7. The fourth-order valence-corrected chi connectivity index (χ4v) is 3.85. The normalized spacial score (nSPS) is 21.5. The van der Waals surface area contributed by atoms with Gasteiger partial charge in [-0.15, -0.1) is 6.58 Å². The van der Waals surface area contributed by atoms with Crippen LogP contribution in [0.3, 0.4) is 0 Å². The van der Waals surface area contributed by atoms with Crippen LogP contribution < -0.4 is 5.32 Å². The van der Waals surface area contributed by atoms with E-state index in [1.54, 1.807) is 0 Å². The Morgan fingerprint density at radius 2 is 2.03 bits per heavy atom. The van der Waals surface area contributed by atoms with Crippen molar-refractivity contribution in [3.8, 4) is 0 Å². The molecule has 3 amide bonds. The van der Waals surface area contributed by atoms with Crippen LogP contribution in [0.5, 0.6) is 0 Å². The second-order valence-electron chi connectivity index (χ2n) is 7.18. The van der Waals surface area contributed by atoms with Gasteiger partial charge in [-0.3, -0.25) is 14.4 Å². The number of hydrogen-bond donors (Lipinski definition) is 3. The summed E-state index contributed by atoms with van der Waals surface area (Å²) in [5.74, 6) is -3.18. The zero-order valence-electron chi connectivity index (χ0n) is 17.2. The number of β-lactam (4-membered cyclic amide) rings is 1. The zero-order valence-corrected chi connectivity index (χ0v) is 17.2. The van der Waals surface area contributed by atoms with Crippen LogP contribution in [-0.4, -0.2) is 83.0 Å². The lowest BCUT2D eigenvalue weighted by Gasteiger charge is -2.44. The second kappa shape index (κ2) is 10.7. The molecule has 31 heavy (non-hydrogen) atoms. The molecule has 1 unspecified atom stereocenters. The van der Waals surface area contributed by atoms with Crippen LogP contribution in [0, 0.1) is 11.8 Å². The molecule has 0 aliphatic carbocycles. The van der Waals surface area contributed by atoms with Gasteiger partial charge in [-0.1, -0.05) is 18.7 Å². The van der Waals surface area contributed by atoms with Crippen LogP contribution >= 0.6 is 0 Å². The molecule has 0 spiro atoms. The molecule has 0 saturated carbocycles. The highest BCUT2D eigenvalue weighted by Gasteiger charge is 2.57. The molecule has 11 heteroatoms. The summed E-state index contributed by atoms with van der Waals surface area (Å²) in [7, 11) is 0. The van der Waals surface area contributed by atoms with Crippen molar-refractivity contribution in [3.05, 3.63) is 36.6 Å². The summed E-state index contributed by atoms with van der Waals surface area (Å²) in [5.41, 5.74) is 0.166. The third-order valence-electron chi connectivity index (χ3n) is 5.16. The van der Waals surface area contributed by atoms with Crippen LogP contribution in [0.15, 0.2) is 36.6 Å². The molecule has 0 radical (unpaired) electrons. The van der Waals surface area contributed by atoms with E-state index >= 15 is 0 Å². The average Bonchev–Trinajstić information content (AvgIpc) is 3.06. The van der Waals surface area contributed by atoms with Crippen molar-refractivity contribution in [2.75, 3.05) is 26.3 Å². The Balaban J connectivity index is 2.30. The first-order valence-electron chi connectivity index (χ1n) is 9.71. The molecule has 2 aliphatic rings. The Kier molecular flexibility index (Phi) is 8.34. The standard InChI is InChI=1S/C20H27N3O8/c1-4-6-30-20(29)21-9-13(10-22(11-24)31-7-5-2)14-8-15-16(12(3)25)18(26)23(15)17(14)19(27)28/h4-5,11-13,15-16,25H,1-2,6-10H2,3H3,(H,21,29)(H,27,28)/t12-,13?,15-,16-/m1/s1. The lowest BCUT2D eigenvalue weighted by Crippen LogP contribution is -2.61. The van der Waals surface area contributed by atoms with E-state index in [0.717, 1.165) is 9.96 Å². The molecular weight excluding hydrogens is 410 g/mol. The molecule has 0 aromatic rings. The summed E-state index contributed by atoms with van der Waals surface area (Å²) < 4.78 is 4.87. The number of fused-ring (bicyclic) bond motifs is 1. The minimum absolute atomic E-state index is 0.0110. The number of aliphatic carboxylic acids is 1. The number of nitrogens with zero attached hydrogens (tertiary/aromatic N) is 2. The van der Waals surface area contributed by atoms with Gasteiger partial charge in [0.15, 0.2) is 0 Å². The van der Waals surface area contributed by atoms with Crippen LogP contribution in [-0.2, 0) is 24.0 Å². The number of nitrogens with one attached hydrogen (secondary N) is 1. The van der Waals surface area contributed by atoms with Crippen molar-refractivity contribution in [1.29, 1.82) is 0 Å². The van der Waals surface area contributed by atoms with Crippen molar-refractivity contribution in [1.82, 2.24) is 15.3 Å². The average molecular weight is 437 g/mol. The molecule has 170 valence electrons. The van der Waals surface area contributed by atoms with Gasteiger partial charge in [0.25, 0.3) is 0 Å². The summed E-state index contributed by atoms with van der Waals surface area (Å²) in [6, 6.07) is -0.498. The van der Waals surface area contributed by atoms with Gasteiger partial charge < -0.3 is 25.2 Å². The van der Waals surface area contributed by atoms with Gasteiger partial charge >= 0.3 is 12.1 Å². The predicted octanol–water partition coefficient (Wildman–Crippen LogP) is 0.0410. The Hall–Kier alpha value is -3.18. The molecular formula is C20H27N3O8. The molecule has 2 aliphatic heterocycles. The minimum atomic E-state index is -1.31. The van der Waals surface area contributed by atoms with E-state index in [1.165, 1.54) is 19.1 Å². The fourth-order valence-electron chi connectivity index (χ4n) is 3.85. The number of carboxylic acids is 1. The molecule has 0 aromatic heterocycles. The molecule has 4 atom stereocenters. The first kappa shape index (κ1) is 24.1. The van der Waals surface area contributed by atoms with E-state index in [9.17, 15) is 29.4 Å². The number of rotatable bonds is 13. The van der Waals surface area contributed by atoms with Crippen LogP contribution in [0.4, 0.5) is 4.79 Å². The molecule has 2 heterocycles. The van der Waals surface area contributed by atoms with E-state index in [1.807, 2.05) is 0 Å². The minimum Gasteiger partial charge on any atom is -0.477 e. The number of carbonyl (C=O) groups excluding carboxylic acids is 3. The summed E-state index contributed by atoms with van der Waals surface area (Å²) in [6.45, 7) is 8.30. The third-order valence-corrected chi connectivity index (χ3v) is 5.16. The number of hydroxylamine groups is 2. The highest BCUT2D eigenvalue weighted by Crippen LogP contribution is 2.45. The van der Waals surface area contributed by atoms with Gasteiger partial charge in [-0.05, 0) is 18.9 Å². The van der Waals surface area contributed by atoms with Gasteiger partial charge in [0.2, 0.25) is 12.3 Å². The molecule has 1 saturated heterocycles. The van der Waals surface area contributed by atoms with Crippen molar-refractivity contribution in [2.45, 2.75) is 25.5 Å². The largest absolute Gasteiger partial charge is 0.477 e. The number of amides is 3. The fraction of sp³-hybridized carbons (Fsp3) is 0.500. The molecule has 0 aromatic carbocycles. The second-order valence-corrected chi connectivity index (χ2v) is 7.18. The molecule has 3 N–H and O–H groups in total. The summed E-state index contributed by atoms with van der Waals surface area (Å²) in [5, 5.41) is 23.2. The van der Waals surface area contributed by atoms with Crippen molar-refractivity contribution in [2.24, 2.45) is 11.8 Å². The first-order chi connectivity index (χ1) is 14.8. The topological polar surface area (TPSA) is 146 Å². The monoisotopic (exact) mass is 437 g/mol. The van der Waals surface area contributed by atoms with Crippen molar-refractivity contribution >= 4 is 24.4 Å². The van der Waals surface area contributed by atoms with Gasteiger partial charge in [-0.2, -0.15) is 0 Å². The molecule has 1 fully saturated rings. The maximum atomic E-state index is 12.4. The lowest BCUT2D eigenvalue weighted by molar-refractivity contribution is -0.169. The number of carboxylic acid groups (broad SMARTS) is 1. The Bertz CT molecular complexity index is 778. The van der Waals surface area contributed by atoms with Crippen molar-refractivity contribution < 1.29 is 39.0 Å². The predicted molar refractivity (Wildman–Crippen MR) is 107 cm³/mol. The first-order valence-corrected chi connectivity index (χ1v) is 9.71. The Morgan fingerprint density at radius 3 is 2.58 bits per heavy atom. The van der Waals surface area contributed by atoms with Gasteiger partial charge in [0.05, 0.1) is 31.2 Å². The smallest absolute Gasteiger partial charge is 0.407 e. The van der Waals surface area contributed by atoms with E-state index in [2.05, 4.69) is 18.5 Å². The molecule has 11 nitrogen and oxygen atoms in total.